The lowest BCUT2D eigenvalue weighted by Gasteiger charge is -2.40. The summed E-state index contributed by atoms with van der Waals surface area (Å²) in [6.07, 6.45) is 4.76. The molecule has 1 saturated heterocycles. The second-order valence-corrected chi connectivity index (χ2v) is 8.95. The van der Waals surface area contributed by atoms with Crippen LogP contribution in [0.1, 0.15) is 43.2 Å². The summed E-state index contributed by atoms with van der Waals surface area (Å²) in [7, 11) is 2.14. The lowest BCUT2D eigenvalue weighted by molar-refractivity contribution is -0.130. The molecule has 1 aliphatic heterocycles. The topological polar surface area (TPSA) is 50.8 Å². The van der Waals surface area contributed by atoms with Crippen molar-refractivity contribution in [1.82, 2.24) is 10.2 Å². The average molecular weight is 441 g/mol. The predicted molar refractivity (Wildman–Crippen MR) is 122 cm³/mol. The minimum absolute atomic E-state index is 0.0137. The Hall–Kier alpha value is -2.44. The van der Waals surface area contributed by atoms with Gasteiger partial charge in [0.2, 0.25) is 5.91 Å². The van der Waals surface area contributed by atoms with Crippen LogP contribution in [0.3, 0.4) is 0 Å². The average Bonchev–Trinajstić information content (AvgIpc) is 2.79. The van der Waals surface area contributed by atoms with Crippen molar-refractivity contribution in [2.75, 3.05) is 33.4 Å². The van der Waals surface area contributed by atoms with Crippen LogP contribution in [0.4, 0.5) is 4.39 Å². The normalized spacial score (nSPS) is 18.2. The molecule has 2 aromatic carbocycles. The van der Waals surface area contributed by atoms with Crippen LogP contribution < -0.4 is 10.1 Å². The van der Waals surface area contributed by atoms with Crippen molar-refractivity contribution in [2.24, 2.45) is 0 Å². The third kappa shape index (κ3) is 5.30. The fraction of sp³-hybridized carbons (Fsp3) is 0.500. The van der Waals surface area contributed by atoms with Gasteiger partial charge in [-0.05, 0) is 68.1 Å². The van der Waals surface area contributed by atoms with E-state index in [1.54, 1.807) is 12.1 Å². The van der Waals surface area contributed by atoms with Gasteiger partial charge in [-0.15, -0.1) is 0 Å². The van der Waals surface area contributed by atoms with Gasteiger partial charge < -0.3 is 14.8 Å². The molecule has 0 unspecified atom stereocenters. The quantitative estimate of drug-likeness (QED) is 0.639. The van der Waals surface area contributed by atoms with Crippen LogP contribution in [0.15, 0.2) is 48.5 Å². The minimum atomic E-state index is -0.531. The van der Waals surface area contributed by atoms with E-state index < -0.39 is 5.41 Å². The lowest BCUT2D eigenvalue weighted by Crippen LogP contribution is -2.49. The number of hydrogen-bond donors (Lipinski definition) is 1. The molecule has 0 aromatic heterocycles. The summed E-state index contributed by atoms with van der Waals surface area (Å²) in [6, 6.07) is 14.8. The van der Waals surface area contributed by atoms with E-state index in [4.69, 9.17) is 9.47 Å². The van der Waals surface area contributed by atoms with Gasteiger partial charge in [0.25, 0.3) is 0 Å². The van der Waals surface area contributed by atoms with Crippen molar-refractivity contribution in [3.63, 3.8) is 0 Å². The largest absolute Gasteiger partial charge is 0.492 e. The summed E-state index contributed by atoms with van der Waals surface area (Å²) >= 11 is 0. The molecule has 0 radical (unpaired) electrons. The Morgan fingerprint density at radius 3 is 2.62 bits per heavy atom. The second kappa shape index (κ2) is 10.5. The van der Waals surface area contributed by atoms with Gasteiger partial charge in [0, 0.05) is 32.3 Å². The van der Waals surface area contributed by atoms with Gasteiger partial charge in [-0.2, -0.15) is 0 Å². The monoisotopic (exact) mass is 440 g/mol. The van der Waals surface area contributed by atoms with Gasteiger partial charge >= 0.3 is 0 Å². The van der Waals surface area contributed by atoms with Gasteiger partial charge in [0.15, 0.2) is 0 Å². The van der Waals surface area contributed by atoms with Crippen molar-refractivity contribution in [3.8, 4) is 5.75 Å². The van der Waals surface area contributed by atoms with Crippen LogP contribution in [-0.2, 0) is 21.5 Å². The first-order valence-corrected chi connectivity index (χ1v) is 11.6. The molecule has 2 aromatic rings. The Morgan fingerprint density at radius 1 is 1.19 bits per heavy atom. The van der Waals surface area contributed by atoms with Gasteiger partial charge in [0.05, 0.1) is 5.41 Å². The van der Waals surface area contributed by atoms with Crippen LogP contribution in [0.2, 0.25) is 0 Å². The molecule has 1 heterocycles. The van der Waals surface area contributed by atoms with Crippen LogP contribution >= 0.6 is 0 Å². The Morgan fingerprint density at radius 2 is 1.94 bits per heavy atom. The van der Waals surface area contributed by atoms with E-state index in [1.165, 1.54) is 12.1 Å². The fourth-order valence-electron chi connectivity index (χ4n) is 4.66. The van der Waals surface area contributed by atoms with Crippen molar-refractivity contribution in [2.45, 2.75) is 50.1 Å². The Labute approximate surface area is 189 Å². The number of nitrogens with zero attached hydrogens (tertiary/aromatic N) is 1. The molecule has 0 spiro atoms. The van der Waals surface area contributed by atoms with Crippen LogP contribution in [-0.4, -0.2) is 50.3 Å². The van der Waals surface area contributed by atoms with Gasteiger partial charge in [-0.1, -0.05) is 30.7 Å². The molecule has 5 nitrogen and oxygen atoms in total. The number of ether oxygens (including phenoxy) is 2. The molecule has 4 rings (SSSR count). The molecular formula is C26H33FN2O3. The number of hydrogen-bond acceptors (Lipinski definition) is 4. The number of carbonyl (C=O) groups is 1. The highest BCUT2D eigenvalue weighted by molar-refractivity contribution is 5.89. The molecule has 32 heavy (non-hydrogen) atoms. The molecular weight excluding hydrogens is 407 g/mol. The van der Waals surface area contributed by atoms with Crippen LogP contribution in [0, 0.1) is 5.82 Å². The van der Waals surface area contributed by atoms with E-state index in [0.29, 0.717) is 19.2 Å². The number of likely N-dealkylation sites (N-methyl/N-ethyl adjacent to an activating group) is 1. The van der Waals surface area contributed by atoms with Crippen molar-refractivity contribution in [3.05, 3.63) is 65.5 Å². The van der Waals surface area contributed by atoms with E-state index in [0.717, 1.165) is 68.7 Å². The number of halogens is 1. The summed E-state index contributed by atoms with van der Waals surface area (Å²) < 4.78 is 24.7. The molecule has 1 saturated carbocycles. The minimum Gasteiger partial charge on any atom is -0.492 e. The summed E-state index contributed by atoms with van der Waals surface area (Å²) in [6.45, 7) is 3.61. The standard InChI is InChI=1S/C26H33FN2O3/c1-29(23-10-15-31-16-11-23)14-17-32-24-5-2-4-20(18-24)19-28-25(30)26(12-3-13-26)21-6-8-22(27)9-7-21/h2,4-9,18,23H,3,10-17,19H2,1H3,(H,28,30). The molecule has 2 fully saturated rings. The first-order valence-electron chi connectivity index (χ1n) is 11.6. The lowest BCUT2D eigenvalue weighted by atomic mass is 9.64. The molecule has 172 valence electrons. The zero-order valence-corrected chi connectivity index (χ0v) is 18.8. The second-order valence-electron chi connectivity index (χ2n) is 8.95. The van der Waals surface area contributed by atoms with Gasteiger partial charge in [0.1, 0.15) is 18.2 Å². The number of benzene rings is 2. The van der Waals surface area contributed by atoms with Crippen molar-refractivity contribution in [1.29, 1.82) is 0 Å². The Kier molecular flexibility index (Phi) is 7.43. The first-order chi connectivity index (χ1) is 15.6. The highest BCUT2D eigenvalue weighted by atomic mass is 19.1. The third-order valence-corrected chi connectivity index (χ3v) is 6.92. The van der Waals surface area contributed by atoms with Crippen LogP contribution in [0.25, 0.3) is 0 Å². The number of rotatable bonds is 9. The Bertz CT molecular complexity index is 892. The zero-order valence-electron chi connectivity index (χ0n) is 18.8. The Balaban J connectivity index is 1.28. The SMILES string of the molecule is CN(CCOc1cccc(CNC(=O)C2(c3ccc(F)cc3)CCC2)c1)C1CCOCC1. The molecule has 0 bridgehead atoms. The number of nitrogens with one attached hydrogen (secondary N) is 1. The predicted octanol–water partition coefficient (Wildman–Crippen LogP) is 4.05. The number of amides is 1. The summed E-state index contributed by atoms with van der Waals surface area (Å²) in [4.78, 5) is 15.4. The zero-order chi connectivity index (χ0) is 22.4. The molecule has 0 atom stereocenters. The molecule has 1 N–H and O–H groups in total. The summed E-state index contributed by atoms with van der Waals surface area (Å²) in [5.41, 5.74) is 1.37. The maximum absolute atomic E-state index is 13.3. The summed E-state index contributed by atoms with van der Waals surface area (Å²) in [5, 5.41) is 3.09. The van der Waals surface area contributed by atoms with Gasteiger partial charge in [-0.3, -0.25) is 9.69 Å². The summed E-state index contributed by atoms with van der Waals surface area (Å²) in [5.74, 6) is 0.549. The molecule has 6 heteroatoms. The van der Waals surface area contributed by atoms with Crippen molar-refractivity contribution >= 4 is 5.91 Å². The van der Waals surface area contributed by atoms with Crippen LogP contribution in [0.5, 0.6) is 5.75 Å². The van der Waals surface area contributed by atoms with E-state index in [9.17, 15) is 9.18 Å². The molecule has 1 aliphatic carbocycles. The number of carbonyl (C=O) groups excluding carboxylic acids is 1. The molecule has 1 amide bonds. The molecule has 2 aliphatic rings. The van der Waals surface area contributed by atoms with Crippen molar-refractivity contribution < 1.29 is 18.7 Å². The van der Waals surface area contributed by atoms with E-state index in [2.05, 4.69) is 17.3 Å². The highest BCUT2D eigenvalue weighted by Gasteiger charge is 2.45. The van der Waals surface area contributed by atoms with E-state index >= 15 is 0 Å². The third-order valence-electron chi connectivity index (χ3n) is 6.92. The smallest absolute Gasteiger partial charge is 0.230 e. The van der Waals surface area contributed by atoms with Gasteiger partial charge in [-0.25, -0.2) is 4.39 Å². The fourth-order valence-corrected chi connectivity index (χ4v) is 4.66. The van der Waals surface area contributed by atoms with E-state index in [-0.39, 0.29) is 11.7 Å². The maximum atomic E-state index is 13.3. The maximum Gasteiger partial charge on any atom is 0.230 e. The van der Waals surface area contributed by atoms with E-state index in [1.807, 2.05) is 24.3 Å². The highest BCUT2D eigenvalue weighted by Crippen LogP contribution is 2.44. The first kappa shape index (κ1) is 22.7.